The van der Waals surface area contributed by atoms with Gasteiger partial charge in [0.2, 0.25) is 0 Å². The van der Waals surface area contributed by atoms with Crippen LogP contribution in [0.15, 0.2) is 54.8 Å². The van der Waals surface area contributed by atoms with E-state index >= 15 is 0 Å². The number of allylic oxidation sites excluding steroid dienone is 3. The summed E-state index contributed by atoms with van der Waals surface area (Å²) in [5, 5.41) is 3.07. The van der Waals surface area contributed by atoms with Crippen molar-refractivity contribution in [1.82, 2.24) is 5.32 Å². The van der Waals surface area contributed by atoms with Gasteiger partial charge >= 0.3 is 0 Å². The molecular formula is C17H23NO2. The Labute approximate surface area is 121 Å². The molecule has 3 nitrogen and oxygen atoms in total. The van der Waals surface area contributed by atoms with Gasteiger partial charge in [-0.1, -0.05) is 36.9 Å². The summed E-state index contributed by atoms with van der Waals surface area (Å²) in [6.07, 6.45) is 8.74. The van der Waals surface area contributed by atoms with Crippen molar-refractivity contribution in [3.63, 3.8) is 0 Å². The second-order valence-corrected chi connectivity index (χ2v) is 4.26. The first-order chi connectivity index (χ1) is 9.76. The lowest BCUT2D eigenvalue weighted by atomic mass is 10.2. The van der Waals surface area contributed by atoms with E-state index < -0.39 is 0 Å². The molecule has 1 N–H and O–H groups in total. The third-order valence-corrected chi connectivity index (χ3v) is 2.66. The zero-order chi connectivity index (χ0) is 14.6. The van der Waals surface area contributed by atoms with Crippen LogP contribution in [0.1, 0.15) is 12.0 Å². The zero-order valence-electron chi connectivity index (χ0n) is 12.3. The first kappa shape index (κ1) is 16.1. The molecule has 0 aliphatic heterocycles. The Morgan fingerprint density at radius 3 is 2.65 bits per heavy atom. The molecule has 0 fully saturated rings. The number of ether oxygens (including phenoxy) is 2. The summed E-state index contributed by atoms with van der Waals surface area (Å²) in [5.41, 5.74) is 1.12. The van der Waals surface area contributed by atoms with Crippen molar-refractivity contribution in [1.29, 1.82) is 0 Å². The molecule has 3 heteroatoms. The molecule has 1 rings (SSSR count). The van der Waals surface area contributed by atoms with Crippen molar-refractivity contribution in [2.75, 3.05) is 27.3 Å². The van der Waals surface area contributed by atoms with Gasteiger partial charge in [-0.25, -0.2) is 0 Å². The van der Waals surface area contributed by atoms with E-state index in [-0.39, 0.29) is 0 Å². The van der Waals surface area contributed by atoms with Gasteiger partial charge in [-0.2, -0.15) is 0 Å². The lowest BCUT2D eigenvalue weighted by Crippen LogP contribution is -2.09. The van der Waals surface area contributed by atoms with E-state index in [1.807, 2.05) is 55.6 Å². The first-order valence-electron chi connectivity index (χ1n) is 6.71. The van der Waals surface area contributed by atoms with Gasteiger partial charge in [0.05, 0.1) is 13.7 Å². The molecule has 1 aromatic rings. The molecule has 0 spiro atoms. The molecular weight excluding hydrogens is 250 g/mol. The average molecular weight is 273 g/mol. The Hall–Kier alpha value is -2.00. The summed E-state index contributed by atoms with van der Waals surface area (Å²) < 4.78 is 10.6. The summed E-state index contributed by atoms with van der Waals surface area (Å²) in [6, 6.07) is 7.89. The minimum atomic E-state index is 0.681. The van der Waals surface area contributed by atoms with Crippen molar-refractivity contribution in [3.05, 3.63) is 60.4 Å². The summed E-state index contributed by atoms with van der Waals surface area (Å²) in [4.78, 5) is 0. The average Bonchev–Trinajstić information content (AvgIpc) is 2.49. The lowest BCUT2D eigenvalue weighted by molar-refractivity contribution is 0.221. The van der Waals surface area contributed by atoms with E-state index in [1.165, 1.54) is 0 Å². The summed E-state index contributed by atoms with van der Waals surface area (Å²) in [5.74, 6) is 1.54. The zero-order valence-corrected chi connectivity index (χ0v) is 12.3. The minimum absolute atomic E-state index is 0.681. The van der Waals surface area contributed by atoms with E-state index in [4.69, 9.17) is 9.47 Å². The topological polar surface area (TPSA) is 30.5 Å². The van der Waals surface area contributed by atoms with Crippen LogP contribution in [0.5, 0.6) is 5.75 Å². The molecule has 0 radical (unpaired) electrons. The predicted octanol–water partition coefficient (Wildman–Crippen LogP) is 3.40. The second-order valence-electron chi connectivity index (χ2n) is 4.26. The first-order valence-corrected chi connectivity index (χ1v) is 6.71. The third-order valence-electron chi connectivity index (χ3n) is 2.66. The summed E-state index contributed by atoms with van der Waals surface area (Å²) in [6.45, 7) is 5.48. The maximum atomic E-state index is 5.45. The van der Waals surface area contributed by atoms with Gasteiger partial charge in [-0.05, 0) is 43.8 Å². The van der Waals surface area contributed by atoms with Crippen molar-refractivity contribution >= 4 is 6.08 Å². The largest absolute Gasteiger partial charge is 0.497 e. The van der Waals surface area contributed by atoms with Crippen LogP contribution in [-0.4, -0.2) is 27.3 Å². The molecule has 0 amide bonds. The Morgan fingerprint density at radius 2 is 2.00 bits per heavy atom. The van der Waals surface area contributed by atoms with Crippen LogP contribution in [0.2, 0.25) is 0 Å². The quantitative estimate of drug-likeness (QED) is 0.425. The summed E-state index contributed by atoms with van der Waals surface area (Å²) >= 11 is 0. The van der Waals surface area contributed by atoms with Crippen LogP contribution in [0.4, 0.5) is 0 Å². The van der Waals surface area contributed by atoms with E-state index in [2.05, 4.69) is 11.9 Å². The van der Waals surface area contributed by atoms with Crippen molar-refractivity contribution < 1.29 is 9.47 Å². The number of benzene rings is 1. The van der Waals surface area contributed by atoms with Crippen LogP contribution in [0.25, 0.3) is 6.08 Å². The highest BCUT2D eigenvalue weighted by atomic mass is 16.5. The molecule has 0 bridgehead atoms. The number of methoxy groups -OCH3 is 1. The number of hydrogen-bond acceptors (Lipinski definition) is 3. The van der Waals surface area contributed by atoms with Gasteiger partial charge in [-0.15, -0.1) is 0 Å². The van der Waals surface area contributed by atoms with E-state index in [1.54, 1.807) is 7.11 Å². The molecule has 20 heavy (non-hydrogen) atoms. The number of hydrogen-bond donors (Lipinski definition) is 1. The highest BCUT2D eigenvalue weighted by molar-refractivity contribution is 5.52. The SMILES string of the molecule is C=C(/C=C/C=C/c1ccc(OC)cc1)OCCCNC. The fourth-order valence-electron chi connectivity index (χ4n) is 1.54. The van der Waals surface area contributed by atoms with Crippen LogP contribution < -0.4 is 10.1 Å². The fraction of sp³-hybridized carbons (Fsp3) is 0.294. The molecule has 0 atom stereocenters. The Bertz CT molecular complexity index is 447. The smallest absolute Gasteiger partial charge is 0.118 e. The number of nitrogens with one attached hydrogen (secondary N) is 1. The van der Waals surface area contributed by atoms with Crippen LogP contribution in [0, 0.1) is 0 Å². The van der Waals surface area contributed by atoms with E-state index in [0.29, 0.717) is 12.4 Å². The molecule has 1 aromatic carbocycles. The van der Waals surface area contributed by atoms with Gasteiger partial charge in [0.25, 0.3) is 0 Å². The normalized spacial score (nSPS) is 11.1. The van der Waals surface area contributed by atoms with Gasteiger partial charge in [-0.3, -0.25) is 0 Å². The van der Waals surface area contributed by atoms with Gasteiger partial charge in [0.1, 0.15) is 11.5 Å². The molecule has 0 saturated heterocycles. The number of rotatable bonds is 9. The second kappa shape index (κ2) is 9.87. The molecule has 0 heterocycles. The van der Waals surface area contributed by atoms with Gasteiger partial charge < -0.3 is 14.8 Å². The van der Waals surface area contributed by atoms with Gasteiger partial charge in [0, 0.05) is 0 Å². The van der Waals surface area contributed by atoms with Crippen LogP contribution in [-0.2, 0) is 4.74 Å². The molecule has 0 saturated carbocycles. The van der Waals surface area contributed by atoms with Crippen molar-refractivity contribution in [2.45, 2.75) is 6.42 Å². The third kappa shape index (κ3) is 6.81. The Balaban J connectivity index is 2.31. The highest BCUT2D eigenvalue weighted by Gasteiger charge is 1.90. The fourth-order valence-corrected chi connectivity index (χ4v) is 1.54. The standard InChI is InChI=1S/C17H23NO2/c1-15(20-14-6-13-18-2)7-4-5-8-16-9-11-17(19-3)12-10-16/h4-5,7-12,18H,1,6,13-14H2,2-3H3/b7-4+,8-5+. The van der Waals surface area contributed by atoms with Gasteiger partial charge in [0.15, 0.2) is 0 Å². The molecule has 0 unspecified atom stereocenters. The molecule has 0 aliphatic carbocycles. The molecule has 0 aromatic heterocycles. The lowest BCUT2D eigenvalue weighted by Gasteiger charge is -2.04. The monoisotopic (exact) mass is 273 g/mol. The van der Waals surface area contributed by atoms with Crippen molar-refractivity contribution in [2.24, 2.45) is 0 Å². The highest BCUT2D eigenvalue weighted by Crippen LogP contribution is 2.12. The predicted molar refractivity (Wildman–Crippen MR) is 84.8 cm³/mol. The van der Waals surface area contributed by atoms with E-state index in [0.717, 1.165) is 24.3 Å². The van der Waals surface area contributed by atoms with E-state index in [9.17, 15) is 0 Å². The Kier molecular flexibility index (Phi) is 7.92. The van der Waals surface area contributed by atoms with Crippen LogP contribution >= 0.6 is 0 Å². The van der Waals surface area contributed by atoms with Crippen molar-refractivity contribution in [3.8, 4) is 5.75 Å². The maximum Gasteiger partial charge on any atom is 0.118 e. The minimum Gasteiger partial charge on any atom is -0.497 e. The molecule has 0 aliphatic rings. The maximum absolute atomic E-state index is 5.45. The molecule has 108 valence electrons. The summed E-state index contributed by atoms with van der Waals surface area (Å²) in [7, 11) is 3.59. The van der Waals surface area contributed by atoms with Crippen LogP contribution in [0.3, 0.4) is 0 Å². The Morgan fingerprint density at radius 1 is 1.25 bits per heavy atom.